The Hall–Kier alpha value is -0.510. The van der Waals surface area contributed by atoms with E-state index in [1.165, 1.54) is 7.11 Å². The standard InChI is InChI=1S/C6H10O3S/c1-9-5(7)3-4-6(8)10-2/h3-4H2,1-2H3. The minimum atomic E-state index is -0.331. The number of rotatable bonds is 3. The molecule has 58 valence electrons. The Morgan fingerprint density at radius 2 is 2.00 bits per heavy atom. The van der Waals surface area contributed by atoms with Crippen molar-refractivity contribution in [3.05, 3.63) is 0 Å². The molecule has 0 atom stereocenters. The minimum Gasteiger partial charge on any atom is -0.469 e. The van der Waals surface area contributed by atoms with Crippen LogP contribution in [0.25, 0.3) is 0 Å². The number of ether oxygens (including phenoxy) is 1. The van der Waals surface area contributed by atoms with E-state index in [0.29, 0.717) is 0 Å². The second-order valence-corrected chi connectivity index (χ2v) is 2.52. The Kier molecular flexibility index (Phi) is 5.02. The normalized spacial score (nSPS) is 9.00. The van der Waals surface area contributed by atoms with Crippen LogP contribution >= 0.6 is 11.8 Å². The predicted octanol–water partition coefficient (Wildman–Crippen LogP) is 0.829. The molecule has 0 rings (SSSR count). The number of esters is 1. The quantitative estimate of drug-likeness (QED) is 0.576. The Morgan fingerprint density at radius 3 is 2.40 bits per heavy atom. The van der Waals surface area contributed by atoms with Gasteiger partial charge in [0, 0.05) is 6.42 Å². The number of carbonyl (C=O) groups is 2. The molecule has 3 nitrogen and oxygen atoms in total. The fourth-order valence-electron chi connectivity index (χ4n) is 0.408. The first-order chi connectivity index (χ1) is 4.70. The molecule has 10 heavy (non-hydrogen) atoms. The molecule has 0 N–H and O–H groups in total. The fraction of sp³-hybridized carbons (Fsp3) is 0.667. The summed E-state index contributed by atoms with van der Waals surface area (Å²) in [5.41, 5.74) is 0. The lowest BCUT2D eigenvalue weighted by molar-refractivity contribution is -0.141. The van der Waals surface area contributed by atoms with Crippen LogP contribution in [0.1, 0.15) is 12.8 Å². The third kappa shape index (κ3) is 4.38. The van der Waals surface area contributed by atoms with E-state index < -0.39 is 0 Å². The van der Waals surface area contributed by atoms with Gasteiger partial charge in [-0.1, -0.05) is 11.8 Å². The lowest BCUT2D eigenvalue weighted by atomic mass is 10.3. The summed E-state index contributed by atoms with van der Waals surface area (Å²) in [7, 11) is 1.31. The van der Waals surface area contributed by atoms with Crippen molar-refractivity contribution in [2.45, 2.75) is 12.8 Å². The minimum absolute atomic E-state index is 0.0189. The van der Waals surface area contributed by atoms with Gasteiger partial charge in [-0.05, 0) is 6.26 Å². The van der Waals surface area contributed by atoms with Crippen molar-refractivity contribution in [1.29, 1.82) is 0 Å². The second-order valence-electron chi connectivity index (χ2n) is 1.65. The van der Waals surface area contributed by atoms with Gasteiger partial charge < -0.3 is 4.74 Å². The first kappa shape index (κ1) is 9.49. The maximum Gasteiger partial charge on any atom is 0.305 e. The number of hydrogen-bond donors (Lipinski definition) is 0. The molecule has 0 radical (unpaired) electrons. The van der Waals surface area contributed by atoms with Gasteiger partial charge in [0.15, 0.2) is 5.12 Å². The second kappa shape index (κ2) is 5.29. The van der Waals surface area contributed by atoms with E-state index in [-0.39, 0.29) is 23.9 Å². The third-order valence-electron chi connectivity index (χ3n) is 0.989. The van der Waals surface area contributed by atoms with Crippen molar-refractivity contribution in [3.8, 4) is 0 Å². The summed E-state index contributed by atoms with van der Waals surface area (Å²) >= 11 is 1.13. The van der Waals surface area contributed by atoms with E-state index in [1.807, 2.05) is 0 Å². The monoisotopic (exact) mass is 162 g/mol. The third-order valence-corrected chi connectivity index (χ3v) is 1.65. The molecule has 0 aromatic heterocycles. The van der Waals surface area contributed by atoms with E-state index in [0.717, 1.165) is 11.8 Å². The van der Waals surface area contributed by atoms with Gasteiger partial charge >= 0.3 is 5.97 Å². The molecule has 4 heteroatoms. The van der Waals surface area contributed by atoms with Crippen LogP contribution in [-0.4, -0.2) is 24.5 Å². The maximum atomic E-state index is 10.6. The lowest BCUT2D eigenvalue weighted by Crippen LogP contribution is -2.02. The SMILES string of the molecule is COC(=O)CCC(=O)SC. The average molecular weight is 162 g/mol. The number of methoxy groups -OCH3 is 1. The molecule has 0 spiro atoms. The molecule has 0 aromatic rings. The van der Waals surface area contributed by atoms with E-state index >= 15 is 0 Å². The van der Waals surface area contributed by atoms with Gasteiger partial charge in [-0.3, -0.25) is 9.59 Å². The van der Waals surface area contributed by atoms with Crippen LogP contribution in [0.2, 0.25) is 0 Å². The molecule has 0 fully saturated rings. The zero-order valence-corrected chi connectivity index (χ0v) is 6.86. The molecular weight excluding hydrogens is 152 g/mol. The zero-order valence-electron chi connectivity index (χ0n) is 6.05. The van der Waals surface area contributed by atoms with Crippen LogP contribution in [0.4, 0.5) is 0 Å². The van der Waals surface area contributed by atoms with Crippen molar-refractivity contribution in [1.82, 2.24) is 0 Å². The van der Waals surface area contributed by atoms with Crippen molar-refractivity contribution in [2.75, 3.05) is 13.4 Å². The number of hydrogen-bond acceptors (Lipinski definition) is 4. The van der Waals surface area contributed by atoms with E-state index in [2.05, 4.69) is 4.74 Å². The molecule has 0 saturated carbocycles. The fourth-order valence-corrected chi connectivity index (χ4v) is 0.714. The lowest BCUT2D eigenvalue weighted by Gasteiger charge is -1.95. The number of thioether (sulfide) groups is 1. The van der Waals surface area contributed by atoms with Crippen LogP contribution in [0.15, 0.2) is 0 Å². The Morgan fingerprint density at radius 1 is 1.40 bits per heavy atom. The van der Waals surface area contributed by atoms with Crippen LogP contribution in [-0.2, 0) is 14.3 Å². The predicted molar refractivity (Wildman–Crippen MR) is 39.8 cm³/mol. The summed E-state index contributed by atoms with van der Waals surface area (Å²) in [6.45, 7) is 0. The van der Waals surface area contributed by atoms with Crippen molar-refractivity contribution < 1.29 is 14.3 Å². The van der Waals surface area contributed by atoms with Gasteiger partial charge in [0.25, 0.3) is 0 Å². The summed E-state index contributed by atoms with van der Waals surface area (Å²) in [4.78, 5) is 21.0. The van der Waals surface area contributed by atoms with Crippen LogP contribution in [0, 0.1) is 0 Å². The molecule has 0 saturated heterocycles. The summed E-state index contributed by atoms with van der Waals surface area (Å²) in [6.07, 6.45) is 2.16. The Bertz CT molecular complexity index is 117. The van der Waals surface area contributed by atoms with E-state index in [9.17, 15) is 9.59 Å². The zero-order chi connectivity index (χ0) is 7.98. The van der Waals surface area contributed by atoms with Gasteiger partial charge in [-0.25, -0.2) is 0 Å². The highest BCUT2D eigenvalue weighted by molar-refractivity contribution is 8.13. The molecule has 0 aliphatic rings. The molecule has 0 bridgehead atoms. The smallest absolute Gasteiger partial charge is 0.305 e. The summed E-state index contributed by atoms with van der Waals surface area (Å²) < 4.78 is 4.34. The summed E-state index contributed by atoms with van der Waals surface area (Å²) in [5, 5.41) is 0.0189. The Labute approximate surface area is 64.1 Å². The van der Waals surface area contributed by atoms with E-state index in [4.69, 9.17) is 0 Å². The first-order valence-corrected chi connectivity index (χ1v) is 4.06. The Balaban J connectivity index is 3.35. The van der Waals surface area contributed by atoms with Gasteiger partial charge in [-0.15, -0.1) is 0 Å². The highest BCUT2D eigenvalue weighted by atomic mass is 32.2. The van der Waals surface area contributed by atoms with Crippen LogP contribution in [0.3, 0.4) is 0 Å². The topological polar surface area (TPSA) is 43.4 Å². The highest BCUT2D eigenvalue weighted by Crippen LogP contribution is 2.02. The molecule has 0 amide bonds. The average Bonchev–Trinajstić information content (AvgIpc) is 1.99. The van der Waals surface area contributed by atoms with Crippen molar-refractivity contribution in [2.24, 2.45) is 0 Å². The molecule has 0 aromatic carbocycles. The summed E-state index contributed by atoms with van der Waals surface area (Å²) in [6, 6.07) is 0. The summed E-state index contributed by atoms with van der Waals surface area (Å²) in [5.74, 6) is -0.331. The molecule has 0 aliphatic heterocycles. The van der Waals surface area contributed by atoms with Crippen molar-refractivity contribution >= 4 is 22.8 Å². The largest absolute Gasteiger partial charge is 0.469 e. The van der Waals surface area contributed by atoms with Gasteiger partial charge in [0.05, 0.1) is 13.5 Å². The number of carbonyl (C=O) groups excluding carboxylic acids is 2. The van der Waals surface area contributed by atoms with Crippen LogP contribution < -0.4 is 0 Å². The van der Waals surface area contributed by atoms with Crippen LogP contribution in [0.5, 0.6) is 0 Å². The molecular formula is C6H10O3S. The first-order valence-electron chi connectivity index (χ1n) is 2.84. The highest BCUT2D eigenvalue weighted by Gasteiger charge is 2.04. The molecule has 0 heterocycles. The van der Waals surface area contributed by atoms with Crippen molar-refractivity contribution in [3.63, 3.8) is 0 Å². The van der Waals surface area contributed by atoms with Gasteiger partial charge in [0.2, 0.25) is 0 Å². The molecule has 0 unspecified atom stereocenters. The van der Waals surface area contributed by atoms with Gasteiger partial charge in [0.1, 0.15) is 0 Å². The molecule has 0 aliphatic carbocycles. The van der Waals surface area contributed by atoms with E-state index in [1.54, 1.807) is 6.26 Å². The maximum absolute atomic E-state index is 10.6. The van der Waals surface area contributed by atoms with Gasteiger partial charge in [-0.2, -0.15) is 0 Å².